The lowest BCUT2D eigenvalue weighted by Gasteiger charge is -2.10. The normalized spacial score (nSPS) is 10.4. The van der Waals surface area contributed by atoms with Gasteiger partial charge in [0.15, 0.2) is 17.4 Å². The smallest absolute Gasteiger partial charge is 0.240 e. The van der Waals surface area contributed by atoms with E-state index in [0.29, 0.717) is 4.47 Å². The molecule has 0 fully saturated rings. The van der Waals surface area contributed by atoms with E-state index in [1.807, 2.05) is 0 Å². The summed E-state index contributed by atoms with van der Waals surface area (Å²) in [6.07, 6.45) is 0. The Kier molecular flexibility index (Phi) is 4.46. The molecule has 4 nitrogen and oxygen atoms in total. The summed E-state index contributed by atoms with van der Waals surface area (Å²) >= 11 is 14.9. The third-order valence-corrected chi connectivity index (χ3v) is 3.19. The summed E-state index contributed by atoms with van der Waals surface area (Å²) in [7, 11) is 0. The summed E-state index contributed by atoms with van der Waals surface area (Å²) in [6, 6.07) is 5.74. The molecule has 2 rings (SSSR count). The molecular weight excluding hydrogens is 360 g/mol. The SMILES string of the molecule is NNc1nc(Oc2ccc(Br)cc2F)c(Cl)cc1Cl. The fraction of sp³-hybridized carbons (Fsp3) is 0. The lowest BCUT2D eigenvalue weighted by Crippen LogP contribution is -2.09. The second-order valence-electron chi connectivity index (χ2n) is 3.43. The molecule has 0 amide bonds. The Morgan fingerprint density at radius 3 is 2.63 bits per heavy atom. The summed E-state index contributed by atoms with van der Waals surface area (Å²) in [6.45, 7) is 0. The first-order valence-corrected chi connectivity index (χ1v) is 6.51. The number of halogens is 4. The van der Waals surface area contributed by atoms with Crippen LogP contribution in [0.3, 0.4) is 0 Å². The lowest BCUT2D eigenvalue weighted by molar-refractivity contribution is 0.428. The standard InChI is InChI=1S/C11H7BrCl2FN3O/c12-5-1-2-9(8(15)3-5)19-11-7(14)4-6(13)10(17-11)18-16/h1-4H,16H2,(H,17,18). The molecule has 100 valence electrons. The minimum absolute atomic E-state index is 0.000221. The number of aromatic nitrogens is 1. The van der Waals surface area contributed by atoms with E-state index >= 15 is 0 Å². The van der Waals surface area contributed by atoms with Crippen LogP contribution in [-0.2, 0) is 0 Å². The van der Waals surface area contributed by atoms with Crippen LogP contribution in [0.2, 0.25) is 10.0 Å². The third kappa shape index (κ3) is 3.27. The number of hydrogen-bond acceptors (Lipinski definition) is 4. The first-order chi connectivity index (χ1) is 9.01. The van der Waals surface area contributed by atoms with Crippen LogP contribution in [0.1, 0.15) is 0 Å². The highest BCUT2D eigenvalue weighted by atomic mass is 79.9. The van der Waals surface area contributed by atoms with Crippen LogP contribution >= 0.6 is 39.1 Å². The van der Waals surface area contributed by atoms with E-state index in [1.54, 1.807) is 6.07 Å². The van der Waals surface area contributed by atoms with Crippen LogP contribution in [0.15, 0.2) is 28.7 Å². The van der Waals surface area contributed by atoms with E-state index in [0.717, 1.165) is 0 Å². The maximum Gasteiger partial charge on any atom is 0.240 e. The zero-order valence-electron chi connectivity index (χ0n) is 9.25. The van der Waals surface area contributed by atoms with Crippen molar-refractivity contribution in [1.82, 2.24) is 4.98 Å². The summed E-state index contributed by atoms with van der Waals surface area (Å²) in [5.41, 5.74) is 2.29. The van der Waals surface area contributed by atoms with Gasteiger partial charge in [-0.1, -0.05) is 39.1 Å². The number of anilines is 1. The third-order valence-electron chi connectivity index (χ3n) is 2.13. The highest BCUT2D eigenvalue weighted by Gasteiger charge is 2.13. The van der Waals surface area contributed by atoms with Gasteiger partial charge in [-0.25, -0.2) is 10.2 Å². The van der Waals surface area contributed by atoms with Gasteiger partial charge in [0.05, 0.1) is 5.02 Å². The molecule has 8 heteroatoms. The van der Waals surface area contributed by atoms with Crippen molar-refractivity contribution in [2.75, 3.05) is 5.43 Å². The number of hydrazine groups is 1. The van der Waals surface area contributed by atoms with Crippen LogP contribution in [0.5, 0.6) is 11.6 Å². The Bertz CT molecular complexity index is 627. The summed E-state index contributed by atoms with van der Waals surface area (Å²) in [4.78, 5) is 3.95. The molecule has 19 heavy (non-hydrogen) atoms. The predicted molar refractivity (Wildman–Crippen MR) is 76.2 cm³/mol. The Morgan fingerprint density at radius 2 is 2.00 bits per heavy atom. The van der Waals surface area contributed by atoms with Crippen molar-refractivity contribution >= 4 is 44.9 Å². The van der Waals surface area contributed by atoms with Gasteiger partial charge in [-0.3, -0.25) is 0 Å². The van der Waals surface area contributed by atoms with Gasteiger partial charge in [0, 0.05) is 4.47 Å². The zero-order valence-corrected chi connectivity index (χ0v) is 12.4. The number of benzene rings is 1. The molecule has 0 saturated carbocycles. The van der Waals surface area contributed by atoms with Gasteiger partial charge in [0.25, 0.3) is 0 Å². The van der Waals surface area contributed by atoms with Crippen LogP contribution in [0, 0.1) is 5.82 Å². The first kappa shape index (κ1) is 14.3. The van der Waals surface area contributed by atoms with E-state index in [1.165, 1.54) is 18.2 Å². The number of nitrogens with two attached hydrogens (primary N) is 1. The van der Waals surface area contributed by atoms with E-state index in [-0.39, 0.29) is 27.5 Å². The number of ether oxygens (including phenoxy) is 1. The molecule has 0 aliphatic rings. The topological polar surface area (TPSA) is 60.2 Å². The van der Waals surface area contributed by atoms with Crippen molar-refractivity contribution in [2.45, 2.75) is 0 Å². The molecule has 0 aliphatic carbocycles. The number of nitrogens with one attached hydrogen (secondary N) is 1. The molecule has 0 aliphatic heterocycles. The Labute approximate surface area is 126 Å². The number of pyridine rings is 1. The molecule has 0 spiro atoms. The van der Waals surface area contributed by atoms with Crippen molar-refractivity contribution in [3.8, 4) is 11.6 Å². The molecule has 1 aromatic heterocycles. The van der Waals surface area contributed by atoms with Gasteiger partial charge in [-0.05, 0) is 24.3 Å². The average Bonchev–Trinajstić information content (AvgIpc) is 2.35. The second kappa shape index (κ2) is 5.92. The molecule has 0 bridgehead atoms. The van der Waals surface area contributed by atoms with Gasteiger partial charge < -0.3 is 10.2 Å². The van der Waals surface area contributed by atoms with Crippen molar-refractivity contribution in [2.24, 2.45) is 5.84 Å². The van der Waals surface area contributed by atoms with Crippen molar-refractivity contribution in [3.63, 3.8) is 0 Å². The number of nitrogen functional groups attached to an aromatic ring is 1. The Morgan fingerprint density at radius 1 is 1.26 bits per heavy atom. The molecule has 0 radical (unpaired) electrons. The van der Waals surface area contributed by atoms with Gasteiger partial charge in [0.1, 0.15) is 5.02 Å². The van der Waals surface area contributed by atoms with Crippen LogP contribution in [-0.4, -0.2) is 4.98 Å². The van der Waals surface area contributed by atoms with Crippen molar-refractivity contribution < 1.29 is 9.13 Å². The molecule has 2 aromatic rings. The number of rotatable bonds is 3. The van der Waals surface area contributed by atoms with Crippen LogP contribution < -0.4 is 16.0 Å². The number of hydrogen-bond donors (Lipinski definition) is 2. The zero-order chi connectivity index (χ0) is 14.0. The molecule has 0 atom stereocenters. The molecule has 3 N–H and O–H groups in total. The maximum absolute atomic E-state index is 13.6. The first-order valence-electron chi connectivity index (χ1n) is 4.97. The average molecular weight is 367 g/mol. The van der Waals surface area contributed by atoms with E-state index in [9.17, 15) is 4.39 Å². The van der Waals surface area contributed by atoms with Gasteiger partial charge >= 0.3 is 0 Å². The highest BCUT2D eigenvalue weighted by molar-refractivity contribution is 9.10. The van der Waals surface area contributed by atoms with Gasteiger partial charge in [-0.2, -0.15) is 4.98 Å². The quantitative estimate of drug-likeness (QED) is 0.625. The van der Waals surface area contributed by atoms with Crippen LogP contribution in [0.25, 0.3) is 0 Å². The van der Waals surface area contributed by atoms with E-state index in [2.05, 4.69) is 26.3 Å². The highest BCUT2D eigenvalue weighted by Crippen LogP contribution is 2.34. The fourth-order valence-electron chi connectivity index (χ4n) is 1.28. The van der Waals surface area contributed by atoms with E-state index < -0.39 is 5.82 Å². The molecular formula is C11H7BrCl2FN3O. The second-order valence-corrected chi connectivity index (χ2v) is 5.16. The molecule has 0 saturated heterocycles. The summed E-state index contributed by atoms with van der Waals surface area (Å²) in [5.74, 6) is 4.85. The minimum Gasteiger partial charge on any atom is -0.434 e. The summed E-state index contributed by atoms with van der Waals surface area (Å²) in [5, 5.41) is 0.377. The summed E-state index contributed by atoms with van der Waals surface area (Å²) < 4.78 is 19.5. The monoisotopic (exact) mass is 365 g/mol. The molecule has 1 aromatic carbocycles. The lowest BCUT2D eigenvalue weighted by atomic mass is 10.3. The fourth-order valence-corrected chi connectivity index (χ4v) is 2.07. The molecule has 0 unspecified atom stereocenters. The van der Waals surface area contributed by atoms with Crippen molar-refractivity contribution in [1.29, 1.82) is 0 Å². The maximum atomic E-state index is 13.6. The molecule has 1 heterocycles. The Hall–Kier alpha value is -1.08. The minimum atomic E-state index is -0.551. The number of nitrogens with zero attached hydrogens (tertiary/aromatic N) is 1. The predicted octanol–water partition coefficient (Wildman–Crippen LogP) is 4.37. The van der Waals surface area contributed by atoms with Gasteiger partial charge in [-0.15, -0.1) is 0 Å². The van der Waals surface area contributed by atoms with Crippen LogP contribution in [0.4, 0.5) is 10.2 Å². The van der Waals surface area contributed by atoms with E-state index in [4.69, 9.17) is 33.8 Å². The van der Waals surface area contributed by atoms with Gasteiger partial charge in [0.2, 0.25) is 5.88 Å². The largest absolute Gasteiger partial charge is 0.434 e. The van der Waals surface area contributed by atoms with Crippen molar-refractivity contribution in [3.05, 3.63) is 44.6 Å². The Balaban J connectivity index is 2.37.